The summed E-state index contributed by atoms with van der Waals surface area (Å²) in [7, 11) is 1.43. The molecule has 0 fully saturated rings. The molecule has 0 N–H and O–H groups in total. The number of hydrogen-bond acceptors (Lipinski definition) is 2. The lowest BCUT2D eigenvalue weighted by molar-refractivity contribution is -0.141. The number of esters is 1. The maximum absolute atomic E-state index is 11.8. The van der Waals surface area contributed by atoms with Gasteiger partial charge in [0.1, 0.15) is 0 Å². The van der Waals surface area contributed by atoms with E-state index in [2.05, 4.69) is 31.2 Å². The van der Waals surface area contributed by atoms with Crippen LogP contribution < -0.4 is 0 Å². The van der Waals surface area contributed by atoms with Gasteiger partial charge in [-0.2, -0.15) is 0 Å². The first-order chi connectivity index (χ1) is 9.16. The van der Waals surface area contributed by atoms with Crippen molar-refractivity contribution in [1.82, 2.24) is 0 Å². The summed E-state index contributed by atoms with van der Waals surface area (Å²) >= 11 is 0. The zero-order valence-corrected chi connectivity index (χ0v) is 11.3. The summed E-state index contributed by atoms with van der Waals surface area (Å²) in [6.07, 6.45) is 0.331. The number of methoxy groups -OCH3 is 1. The number of ether oxygens (including phenoxy) is 1. The van der Waals surface area contributed by atoms with E-state index in [1.807, 2.05) is 36.4 Å². The van der Waals surface area contributed by atoms with Gasteiger partial charge in [-0.25, -0.2) is 0 Å². The van der Waals surface area contributed by atoms with Gasteiger partial charge >= 0.3 is 5.97 Å². The second-order valence-electron chi connectivity index (χ2n) is 4.82. The SMILES string of the molecule is COC(=O)CC(C)(c1ccccc1)c1ccccc1. The highest BCUT2D eigenvalue weighted by atomic mass is 16.5. The highest BCUT2D eigenvalue weighted by Crippen LogP contribution is 2.35. The standard InChI is InChI=1S/C17H18O2/c1-17(13-16(18)19-2,14-9-5-3-6-10-14)15-11-7-4-8-12-15/h3-12H,13H2,1-2H3. The first kappa shape index (κ1) is 13.3. The summed E-state index contributed by atoms with van der Waals surface area (Å²) in [4.78, 5) is 11.8. The van der Waals surface area contributed by atoms with E-state index >= 15 is 0 Å². The molecule has 0 heterocycles. The summed E-state index contributed by atoms with van der Waals surface area (Å²) in [6.45, 7) is 2.08. The van der Waals surface area contributed by atoms with Crippen molar-refractivity contribution in [2.75, 3.05) is 7.11 Å². The van der Waals surface area contributed by atoms with Gasteiger partial charge in [0.05, 0.1) is 13.5 Å². The van der Waals surface area contributed by atoms with E-state index in [0.29, 0.717) is 6.42 Å². The Morgan fingerprint density at radius 1 is 0.947 bits per heavy atom. The Hall–Kier alpha value is -2.09. The molecule has 0 unspecified atom stereocenters. The van der Waals surface area contributed by atoms with Crippen LogP contribution in [0.4, 0.5) is 0 Å². The molecule has 0 aliphatic rings. The number of carbonyl (C=O) groups is 1. The minimum absolute atomic E-state index is 0.199. The molecule has 0 radical (unpaired) electrons. The minimum atomic E-state index is -0.365. The summed E-state index contributed by atoms with van der Waals surface area (Å²) in [6, 6.07) is 20.1. The highest BCUT2D eigenvalue weighted by Gasteiger charge is 2.31. The van der Waals surface area contributed by atoms with Crippen molar-refractivity contribution in [1.29, 1.82) is 0 Å². The topological polar surface area (TPSA) is 26.3 Å². The van der Waals surface area contributed by atoms with Gasteiger partial charge < -0.3 is 4.74 Å². The first-order valence-corrected chi connectivity index (χ1v) is 6.34. The monoisotopic (exact) mass is 254 g/mol. The van der Waals surface area contributed by atoms with Crippen LogP contribution in [-0.2, 0) is 14.9 Å². The van der Waals surface area contributed by atoms with Crippen molar-refractivity contribution in [3.05, 3.63) is 71.8 Å². The average molecular weight is 254 g/mol. The molecule has 0 atom stereocenters. The Kier molecular flexibility index (Phi) is 4.00. The van der Waals surface area contributed by atoms with Crippen molar-refractivity contribution >= 4 is 5.97 Å². The van der Waals surface area contributed by atoms with Crippen LogP contribution >= 0.6 is 0 Å². The van der Waals surface area contributed by atoms with E-state index in [0.717, 1.165) is 11.1 Å². The normalized spacial score (nSPS) is 11.1. The predicted molar refractivity (Wildman–Crippen MR) is 76.0 cm³/mol. The van der Waals surface area contributed by atoms with Crippen molar-refractivity contribution in [3.63, 3.8) is 0 Å². The number of carbonyl (C=O) groups excluding carboxylic acids is 1. The van der Waals surface area contributed by atoms with E-state index in [1.165, 1.54) is 7.11 Å². The quantitative estimate of drug-likeness (QED) is 0.780. The Labute approximate surface area is 114 Å². The molecular formula is C17H18O2. The van der Waals surface area contributed by atoms with Crippen LogP contribution in [0.2, 0.25) is 0 Å². The van der Waals surface area contributed by atoms with Crippen LogP contribution in [0.3, 0.4) is 0 Å². The third-order valence-electron chi connectivity index (χ3n) is 3.55. The second-order valence-corrected chi connectivity index (χ2v) is 4.82. The van der Waals surface area contributed by atoms with Crippen LogP contribution in [0.25, 0.3) is 0 Å². The zero-order valence-electron chi connectivity index (χ0n) is 11.3. The van der Waals surface area contributed by atoms with Gasteiger partial charge in [-0.1, -0.05) is 67.6 Å². The predicted octanol–water partition coefficient (Wildman–Crippen LogP) is 3.56. The molecule has 2 heteroatoms. The van der Waals surface area contributed by atoms with E-state index in [4.69, 9.17) is 4.74 Å². The third-order valence-corrected chi connectivity index (χ3v) is 3.55. The minimum Gasteiger partial charge on any atom is -0.469 e. The van der Waals surface area contributed by atoms with E-state index in [-0.39, 0.29) is 11.4 Å². The molecule has 2 nitrogen and oxygen atoms in total. The van der Waals surface area contributed by atoms with Gasteiger partial charge in [0.15, 0.2) is 0 Å². The van der Waals surface area contributed by atoms with Crippen molar-refractivity contribution in [2.24, 2.45) is 0 Å². The van der Waals surface area contributed by atoms with Crippen molar-refractivity contribution in [3.8, 4) is 0 Å². The highest BCUT2D eigenvalue weighted by molar-refractivity contribution is 5.72. The summed E-state index contributed by atoms with van der Waals surface area (Å²) < 4.78 is 4.85. The molecule has 0 saturated heterocycles. The largest absolute Gasteiger partial charge is 0.469 e. The molecule has 2 rings (SSSR count). The lowest BCUT2D eigenvalue weighted by Gasteiger charge is -2.29. The lowest BCUT2D eigenvalue weighted by atomic mass is 9.74. The molecule has 0 spiro atoms. The average Bonchev–Trinajstić information content (AvgIpc) is 2.48. The van der Waals surface area contributed by atoms with Gasteiger partial charge in [0.25, 0.3) is 0 Å². The molecule has 2 aromatic carbocycles. The maximum Gasteiger partial charge on any atom is 0.306 e. The van der Waals surface area contributed by atoms with Gasteiger partial charge in [0, 0.05) is 5.41 Å². The fraction of sp³-hybridized carbons (Fsp3) is 0.235. The Balaban J connectivity index is 2.47. The van der Waals surface area contributed by atoms with Gasteiger partial charge in [-0.3, -0.25) is 4.79 Å². The fourth-order valence-corrected chi connectivity index (χ4v) is 2.34. The molecule has 0 saturated carbocycles. The van der Waals surface area contributed by atoms with Crippen LogP contribution in [0.15, 0.2) is 60.7 Å². The number of benzene rings is 2. The van der Waals surface area contributed by atoms with Crippen LogP contribution in [0.5, 0.6) is 0 Å². The number of hydrogen-bond donors (Lipinski definition) is 0. The summed E-state index contributed by atoms with van der Waals surface area (Å²) in [5.41, 5.74) is 1.87. The molecule has 0 aromatic heterocycles. The lowest BCUT2D eigenvalue weighted by Crippen LogP contribution is -2.27. The fourth-order valence-electron chi connectivity index (χ4n) is 2.34. The maximum atomic E-state index is 11.8. The van der Waals surface area contributed by atoms with Gasteiger partial charge in [0.2, 0.25) is 0 Å². The Bertz CT molecular complexity index is 492. The zero-order chi connectivity index (χ0) is 13.7. The van der Waals surface area contributed by atoms with Crippen LogP contribution in [-0.4, -0.2) is 13.1 Å². The van der Waals surface area contributed by atoms with E-state index < -0.39 is 0 Å². The van der Waals surface area contributed by atoms with Crippen LogP contribution in [0, 0.1) is 0 Å². The third kappa shape index (κ3) is 2.84. The summed E-state index contributed by atoms with van der Waals surface area (Å²) in [5.74, 6) is -0.199. The molecule has 0 amide bonds. The first-order valence-electron chi connectivity index (χ1n) is 6.34. The molecule has 19 heavy (non-hydrogen) atoms. The van der Waals surface area contributed by atoms with Gasteiger partial charge in [-0.05, 0) is 11.1 Å². The van der Waals surface area contributed by atoms with E-state index in [9.17, 15) is 4.79 Å². The second kappa shape index (κ2) is 5.70. The molecule has 0 bridgehead atoms. The molecular weight excluding hydrogens is 236 g/mol. The van der Waals surface area contributed by atoms with Crippen molar-refractivity contribution in [2.45, 2.75) is 18.8 Å². The van der Waals surface area contributed by atoms with Gasteiger partial charge in [-0.15, -0.1) is 0 Å². The molecule has 2 aromatic rings. The summed E-state index contributed by atoms with van der Waals surface area (Å²) in [5, 5.41) is 0. The molecule has 0 aliphatic carbocycles. The van der Waals surface area contributed by atoms with E-state index in [1.54, 1.807) is 0 Å². The molecule has 98 valence electrons. The number of rotatable bonds is 4. The Morgan fingerprint density at radius 3 is 1.74 bits per heavy atom. The van der Waals surface area contributed by atoms with Crippen molar-refractivity contribution < 1.29 is 9.53 Å². The smallest absolute Gasteiger partial charge is 0.306 e. The van der Waals surface area contributed by atoms with Crippen LogP contribution in [0.1, 0.15) is 24.5 Å². The molecule has 0 aliphatic heterocycles. The Morgan fingerprint density at radius 2 is 1.37 bits per heavy atom.